The molecule has 0 unspecified atom stereocenters. The Balaban J connectivity index is 1.77. The van der Waals surface area contributed by atoms with E-state index >= 15 is 0 Å². The summed E-state index contributed by atoms with van der Waals surface area (Å²) in [4.78, 5) is 12.8. The number of nitrogens with zero attached hydrogens (tertiary/aromatic N) is 3. The van der Waals surface area contributed by atoms with Gasteiger partial charge in [-0.25, -0.2) is 22.3 Å². The number of benzene rings is 2. The normalized spacial score (nSPS) is 18.4. The fourth-order valence-electron chi connectivity index (χ4n) is 4.46. The number of aryl methyl sites for hydroxylation is 1. The average Bonchev–Trinajstić information content (AvgIpc) is 3.46. The Kier molecular flexibility index (Phi) is 7.17. The zero-order valence-electron chi connectivity index (χ0n) is 20.2. The highest BCUT2D eigenvalue weighted by Crippen LogP contribution is 2.40. The Labute approximate surface area is 217 Å². The Hall–Kier alpha value is -3.62. The number of hydrogen-bond acceptors (Lipinski definition) is 6. The zero-order chi connectivity index (χ0) is 28.9. The summed E-state index contributed by atoms with van der Waals surface area (Å²) in [5.74, 6) is -2.06. The van der Waals surface area contributed by atoms with Crippen molar-refractivity contribution >= 4 is 21.6 Å². The van der Waals surface area contributed by atoms with Gasteiger partial charge in [0.25, 0.3) is 0 Å². The molecule has 2 atom stereocenters. The minimum Gasteiger partial charge on any atom is -0.467 e. The molecule has 1 aromatic heterocycles. The van der Waals surface area contributed by atoms with Crippen LogP contribution in [0.3, 0.4) is 0 Å². The molecule has 7 nitrogen and oxygen atoms in total. The standard InChI is InChI=1S/C24H20F7N3O4S/c1-13-9-21(34(32-13)16-6-3-14(4-7-16)23(26,27)28)33-12-17(11-19(33)22(35)38-2)39(36,37)20-8-5-15(25)10-18(20)24(29,30)31/h3-10,17,19H,11-12H2,1-2H3/t17-,19+/m1/s1. The summed E-state index contributed by atoms with van der Waals surface area (Å²) in [5, 5.41) is 2.69. The molecule has 39 heavy (non-hydrogen) atoms. The van der Waals surface area contributed by atoms with Crippen molar-refractivity contribution in [2.75, 3.05) is 18.6 Å². The van der Waals surface area contributed by atoms with E-state index in [1.807, 2.05) is 0 Å². The molecule has 2 aromatic carbocycles. The molecule has 1 aliphatic rings. The molecule has 0 saturated carbocycles. The van der Waals surface area contributed by atoms with Gasteiger partial charge in [0.1, 0.15) is 17.7 Å². The van der Waals surface area contributed by atoms with Gasteiger partial charge in [-0.1, -0.05) is 0 Å². The van der Waals surface area contributed by atoms with Crippen LogP contribution >= 0.6 is 0 Å². The number of esters is 1. The van der Waals surface area contributed by atoms with Crippen molar-refractivity contribution in [1.82, 2.24) is 9.78 Å². The van der Waals surface area contributed by atoms with Crippen molar-refractivity contribution in [3.63, 3.8) is 0 Å². The molecule has 3 aromatic rings. The number of anilines is 1. The lowest BCUT2D eigenvalue weighted by Gasteiger charge is -2.25. The van der Waals surface area contributed by atoms with Crippen molar-refractivity contribution in [3.05, 3.63) is 71.2 Å². The minimum atomic E-state index is -5.18. The second-order valence-electron chi connectivity index (χ2n) is 8.83. The van der Waals surface area contributed by atoms with Crippen LogP contribution in [0, 0.1) is 12.7 Å². The van der Waals surface area contributed by atoms with Gasteiger partial charge in [0.05, 0.1) is 39.8 Å². The molecular formula is C24H20F7N3O4S. The highest BCUT2D eigenvalue weighted by molar-refractivity contribution is 7.92. The summed E-state index contributed by atoms with van der Waals surface area (Å²) >= 11 is 0. The topological polar surface area (TPSA) is 81.5 Å². The van der Waals surface area contributed by atoms with Crippen LogP contribution in [0.25, 0.3) is 5.69 Å². The first kappa shape index (κ1) is 28.4. The van der Waals surface area contributed by atoms with E-state index in [9.17, 15) is 43.9 Å². The molecule has 1 saturated heterocycles. The van der Waals surface area contributed by atoms with E-state index in [-0.39, 0.29) is 17.6 Å². The fourth-order valence-corrected chi connectivity index (χ4v) is 6.35. The summed E-state index contributed by atoms with van der Waals surface area (Å²) in [6.07, 6.45) is -10.2. The molecule has 0 N–H and O–H groups in total. The lowest BCUT2D eigenvalue weighted by molar-refractivity contribution is -0.142. The van der Waals surface area contributed by atoms with Crippen LogP contribution in [0.4, 0.5) is 36.6 Å². The van der Waals surface area contributed by atoms with Gasteiger partial charge >= 0.3 is 18.3 Å². The number of methoxy groups -OCH3 is 1. The number of rotatable bonds is 5. The lowest BCUT2D eigenvalue weighted by Crippen LogP contribution is -2.38. The summed E-state index contributed by atoms with van der Waals surface area (Å²) in [6.45, 7) is 1.07. The number of alkyl halides is 6. The van der Waals surface area contributed by atoms with Crippen LogP contribution < -0.4 is 4.90 Å². The number of carbonyl (C=O) groups is 1. The molecule has 1 aliphatic heterocycles. The van der Waals surface area contributed by atoms with E-state index in [2.05, 4.69) is 5.10 Å². The van der Waals surface area contributed by atoms with E-state index < -0.39 is 74.3 Å². The fraction of sp³-hybridized carbons (Fsp3) is 0.333. The summed E-state index contributed by atoms with van der Waals surface area (Å²) in [5.41, 5.74) is -2.09. The van der Waals surface area contributed by atoms with Gasteiger partial charge < -0.3 is 9.64 Å². The molecule has 2 heterocycles. The van der Waals surface area contributed by atoms with Crippen molar-refractivity contribution in [2.24, 2.45) is 0 Å². The quantitative estimate of drug-likeness (QED) is 0.242. The maximum atomic E-state index is 13.6. The molecule has 210 valence electrons. The number of aromatic nitrogens is 2. The molecule has 0 amide bonds. The first-order chi connectivity index (χ1) is 18.0. The van der Waals surface area contributed by atoms with Crippen LogP contribution in [0.5, 0.6) is 0 Å². The van der Waals surface area contributed by atoms with Crippen LogP contribution in [-0.2, 0) is 31.7 Å². The van der Waals surface area contributed by atoms with E-state index in [1.165, 1.54) is 15.6 Å². The van der Waals surface area contributed by atoms with E-state index in [0.29, 0.717) is 17.8 Å². The van der Waals surface area contributed by atoms with Gasteiger partial charge in [0, 0.05) is 12.6 Å². The van der Waals surface area contributed by atoms with E-state index in [1.54, 1.807) is 6.92 Å². The average molecular weight is 579 g/mol. The molecule has 0 bridgehead atoms. The van der Waals surface area contributed by atoms with Crippen molar-refractivity contribution in [1.29, 1.82) is 0 Å². The van der Waals surface area contributed by atoms with Gasteiger partial charge in [-0.05, 0) is 55.8 Å². The summed E-state index contributed by atoms with van der Waals surface area (Å²) in [6, 6.07) is 5.26. The number of halogens is 7. The van der Waals surface area contributed by atoms with Gasteiger partial charge in [0.15, 0.2) is 9.84 Å². The molecule has 0 radical (unpaired) electrons. The maximum Gasteiger partial charge on any atom is 0.417 e. The lowest BCUT2D eigenvalue weighted by atomic mass is 10.2. The largest absolute Gasteiger partial charge is 0.467 e. The maximum absolute atomic E-state index is 13.6. The van der Waals surface area contributed by atoms with Crippen LogP contribution in [-0.4, -0.2) is 49.1 Å². The van der Waals surface area contributed by atoms with Crippen molar-refractivity contribution in [3.8, 4) is 5.69 Å². The van der Waals surface area contributed by atoms with E-state index in [4.69, 9.17) is 4.74 Å². The van der Waals surface area contributed by atoms with E-state index in [0.717, 1.165) is 31.4 Å². The molecule has 15 heteroatoms. The summed E-state index contributed by atoms with van der Waals surface area (Å²) < 4.78 is 126. The SMILES string of the molecule is COC(=O)[C@@H]1C[C@@H](S(=O)(=O)c2ccc(F)cc2C(F)(F)F)CN1c1cc(C)nn1-c1ccc(C(F)(F)F)cc1. The summed E-state index contributed by atoms with van der Waals surface area (Å²) in [7, 11) is -3.72. The van der Waals surface area contributed by atoms with Gasteiger partial charge in [-0.2, -0.15) is 31.4 Å². The zero-order valence-corrected chi connectivity index (χ0v) is 21.0. The third kappa shape index (κ3) is 5.44. The van der Waals surface area contributed by atoms with Crippen LogP contribution in [0.15, 0.2) is 53.4 Å². The highest BCUT2D eigenvalue weighted by Gasteiger charge is 2.48. The van der Waals surface area contributed by atoms with Crippen LogP contribution in [0.2, 0.25) is 0 Å². The highest BCUT2D eigenvalue weighted by atomic mass is 32.2. The first-order valence-corrected chi connectivity index (χ1v) is 12.8. The molecule has 0 aliphatic carbocycles. The monoisotopic (exact) mass is 579 g/mol. The Morgan fingerprint density at radius 1 is 1.00 bits per heavy atom. The first-order valence-electron chi connectivity index (χ1n) is 11.2. The molecule has 1 fully saturated rings. The number of hydrogen-bond donors (Lipinski definition) is 0. The predicted octanol–water partition coefficient (Wildman–Crippen LogP) is 4.95. The second kappa shape index (κ2) is 9.84. The molecule has 0 spiro atoms. The predicted molar refractivity (Wildman–Crippen MR) is 123 cm³/mol. The van der Waals surface area contributed by atoms with Gasteiger partial charge in [-0.3, -0.25) is 0 Å². The Morgan fingerprint density at radius 2 is 1.64 bits per heavy atom. The second-order valence-corrected chi connectivity index (χ2v) is 11.0. The van der Waals surface area contributed by atoms with Crippen molar-refractivity contribution in [2.45, 2.75) is 41.9 Å². The smallest absolute Gasteiger partial charge is 0.417 e. The third-order valence-electron chi connectivity index (χ3n) is 6.27. The molecule has 4 rings (SSSR count). The van der Waals surface area contributed by atoms with Gasteiger partial charge in [0.2, 0.25) is 0 Å². The molecular weight excluding hydrogens is 559 g/mol. The van der Waals surface area contributed by atoms with Crippen LogP contribution in [0.1, 0.15) is 23.2 Å². The minimum absolute atomic E-state index is 0.0838. The van der Waals surface area contributed by atoms with Gasteiger partial charge in [-0.15, -0.1) is 0 Å². The Bertz CT molecular complexity index is 1500. The third-order valence-corrected chi connectivity index (χ3v) is 8.46. The number of carbonyl (C=O) groups excluding carboxylic acids is 1. The Morgan fingerprint density at radius 3 is 2.21 bits per heavy atom. The number of ether oxygens (including phenoxy) is 1. The number of sulfone groups is 1. The van der Waals surface area contributed by atoms with Crippen molar-refractivity contribution < 1.29 is 48.7 Å².